The lowest BCUT2D eigenvalue weighted by Gasteiger charge is -2.09. The molecular formula is C15H16N4O4S2. The smallest absolute Gasteiger partial charge is 0.337 e. The molecule has 1 N–H and O–H groups in total. The normalized spacial score (nSPS) is 11.6. The maximum absolute atomic E-state index is 12.9. The van der Waals surface area contributed by atoms with Crippen LogP contribution in [0.15, 0.2) is 29.3 Å². The van der Waals surface area contributed by atoms with Gasteiger partial charge in [-0.05, 0) is 31.5 Å². The molecule has 1 aromatic carbocycles. The number of hydrogen-bond acceptors (Lipinski definition) is 7. The number of ether oxygens (including phenoxy) is 1. The van der Waals surface area contributed by atoms with Gasteiger partial charge in [-0.2, -0.15) is 18.0 Å². The highest BCUT2D eigenvalue weighted by Crippen LogP contribution is 2.25. The standard InChI is InChI=1S/C15H16N4O4S2/c1-4-12-13(19-15(16-12)24-9(2)17-19)25(21,22)18-11-7-5-6-10(8-11)14(20)23-3/h5-8,18H,4H2,1-3H3. The van der Waals surface area contributed by atoms with E-state index >= 15 is 0 Å². The van der Waals surface area contributed by atoms with Crippen molar-refractivity contribution in [2.45, 2.75) is 25.3 Å². The number of anilines is 1. The van der Waals surface area contributed by atoms with Crippen LogP contribution in [0.3, 0.4) is 0 Å². The fraction of sp³-hybridized carbons (Fsp3) is 0.267. The Kier molecular flexibility index (Phi) is 4.48. The van der Waals surface area contributed by atoms with Crippen LogP contribution in [0.1, 0.15) is 28.0 Å². The molecule has 10 heteroatoms. The fourth-order valence-corrected chi connectivity index (χ4v) is 4.61. The number of fused-ring (bicyclic) bond motifs is 1. The number of imidazole rings is 1. The number of methoxy groups -OCH3 is 1. The Bertz CT molecular complexity index is 1050. The summed E-state index contributed by atoms with van der Waals surface area (Å²) < 4.78 is 34.3. The Balaban J connectivity index is 2.04. The van der Waals surface area contributed by atoms with Crippen LogP contribution in [0, 0.1) is 6.92 Å². The highest BCUT2D eigenvalue weighted by molar-refractivity contribution is 7.92. The summed E-state index contributed by atoms with van der Waals surface area (Å²) in [7, 11) is -2.67. The molecule has 0 amide bonds. The van der Waals surface area contributed by atoms with E-state index in [1.807, 2.05) is 6.92 Å². The van der Waals surface area contributed by atoms with Gasteiger partial charge in [-0.15, -0.1) is 0 Å². The van der Waals surface area contributed by atoms with Crippen LogP contribution in [0.4, 0.5) is 5.69 Å². The number of aromatic nitrogens is 3. The molecule has 0 atom stereocenters. The number of hydrogen-bond donors (Lipinski definition) is 1. The number of sulfonamides is 1. The zero-order valence-electron chi connectivity index (χ0n) is 13.8. The van der Waals surface area contributed by atoms with Crippen molar-refractivity contribution in [3.8, 4) is 0 Å². The van der Waals surface area contributed by atoms with Crippen molar-refractivity contribution in [3.05, 3.63) is 40.5 Å². The van der Waals surface area contributed by atoms with Crippen LogP contribution >= 0.6 is 11.3 Å². The van der Waals surface area contributed by atoms with E-state index in [0.29, 0.717) is 22.1 Å². The average Bonchev–Trinajstić information content (AvgIpc) is 3.09. The minimum Gasteiger partial charge on any atom is -0.465 e. The van der Waals surface area contributed by atoms with Gasteiger partial charge in [-0.1, -0.05) is 24.3 Å². The summed E-state index contributed by atoms with van der Waals surface area (Å²) in [6.45, 7) is 3.62. The Hall–Kier alpha value is -2.46. The fourth-order valence-electron chi connectivity index (χ4n) is 2.40. The van der Waals surface area contributed by atoms with E-state index in [1.165, 1.54) is 29.0 Å². The van der Waals surface area contributed by atoms with Gasteiger partial charge in [0.2, 0.25) is 9.99 Å². The lowest BCUT2D eigenvalue weighted by molar-refractivity contribution is 0.0601. The van der Waals surface area contributed by atoms with Crippen LogP contribution in [-0.2, 0) is 21.2 Å². The maximum atomic E-state index is 12.9. The minimum atomic E-state index is -3.93. The summed E-state index contributed by atoms with van der Waals surface area (Å²) in [5.41, 5.74) is 0.948. The first-order valence-corrected chi connectivity index (χ1v) is 9.72. The van der Waals surface area contributed by atoms with Gasteiger partial charge in [0.25, 0.3) is 10.0 Å². The van der Waals surface area contributed by atoms with E-state index in [1.54, 1.807) is 25.1 Å². The van der Waals surface area contributed by atoms with Gasteiger partial charge in [0, 0.05) is 5.69 Å². The van der Waals surface area contributed by atoms with Crippen molar-refractivity contribution in [3.63, 3.8) is 0 Å². The Morgan fingerprint density at radius 2 is 2.16 bits per heavy atom. The SMILES string of the molecule is CCc1nc2sc(C)nn2c1S(=O)(=O)Nc1cccc(C(=O)OC)c1. The van der Waals surface area contributed by atoms with Crippen LogP contribution in [-0.4, -0.2) is 36.1 Å². The molecule has 0 saturated carbocycles. The zero-order valence-corrected chi connectivity index (χ0v) is 15.4. The molecule has 0 bridgehead atoms. The Morgan fingerprint density at radius 3 is 2.84 bits per heavy atom. The van der Waals surface area contributed by atoms with Crippen LogP contribution in [0.25, 0.3) is 4.96 Å². The van der Waals surface area contributed by atoms with Crippen molar-refractivity contribution in [2.75, 3.05) is 11.8 Å². The predicted molar refractivity (Wildman–Crippen MR) is 93.6 cm³/mol. The molecule has 132 valence electrons. The van der Waals surface area contributed by atoms with Gasteiger partial charge in [-0.25, -0.2) is 9.78 Å². The predicted octanol–water partition coefficient (Wildman–Crippen LogP) is 2.25. The first-order valence-electron chi connectivity index (χ1n) is 7.42. The number of esters is 1. The second-order valence-corrected chi connectivity index (χ2v) is 7.97. The molecule has 0 saturated heterocycles. The molecule has 0 aliphatic carbocycles. The third-order valence-corrected chi connectivity index (χ3v) is 5.70. The molecule has 25 heavy (non-hydrogen) atoms. The molecule has 0 aliphatic heterocycles. The summed E-state index contributed by atoms with van der Waals surface area (Å²) >= 11 is 1.32. The molecule has 0 unspecified atom stereocenters. The molecule has 2 heterocycles. The van der Waals surface area contributed by atoms with E-state index < -0.39 is 16.0 Å². The molecule has 3 rings (SSSR count). The molecular weight excluding hydrogens is 364 g/mol. The highest BCUT2D eigenvalue weighted by Gasteiger charge is 2.27. The second-order valence-electron chi connectivity index (χ2n) is 5.21. The number of carbonyl (C=O) groups excluding carboxylic acids is 1. The largest absolute Gasteiger partial charge is 0.465 e. The van der Waals surface area contributed by atoms with E-state index in [0.717, 1.165) is 0 Å². The van der Waals surface area contributed by atoms with Gasteiger partial charge in [0.15, 0.2) is 0 Å². The molecule has 0 fully saturated rings. The van der Waals surface area contributed by atoms with Crippen molar-refractivity contribution in [1.29, 1.82) is 0 Å². The number of benzene rings is 1. The van der Waals surface area contributed by atoms with Gasteiger partial charge < -0.3 is 4.74 Å². The molecule has 0 radical (unpaired) electrons. The number of nitrogens with one attached hydrogen (secondary N) is 1. The third kappa shape index (κ3) is 3.22. The van der Waals surface area contributed by atoms with E-state index in [4.69, 9.17) is 0 Å². The molecule has 8 nitrogen and oxygen atoms in total. The van der Waals surface area contributed by atoms with Crippen molar-refractivity contribution in [1.82, 2.24) is 14.6 Å². The van der Waals surface area contributed by atoms with E-state index in [-0.39, 0.29) is 16.3 Å². The third-order valence-electron chi connectivity index (χ3n) is 3.46. The lowest BCUT2D eigenvalue weighted by atomic mass is 10.2. The summed E-state index contributed by atoms with van der Waals surface area (Å²) in [5, 5.41) is 4.96. The van der Waals surface area contributed by atoms with Gasteiger partial charge in [0.05, 0.1) is 18.4 Å². The summed E-state index contributed by atoms with van der Waals surface area (Å²) in [6.07, 6.45) is 0.452. The molecule has 2 aromatic heterocycles. The van der Waals surface area contributed by atoms with E-state index in [9.17, 15) is 13.2 Å². The molecule has 3 aromatic rings. The maximum Gasteiger partial charge on any atom is 0.337 e. The average molecular weight is 380 g/mol. The lowest BCUT2D eigenvalue weighted by Crippen LogP contribution is -2.17. The Labute approximate surface area is 148 Å². The Morgan fingerprint density at radius 1 is 1.40 bits per heavy atom. The number of nitrogens with zero attached hydrogens (tertiary/aromatic N) is 3. The van der Waals surface area contributed by atoms with E-state index in [2.05, 4.69) is 19.5 Å². The van der Waals surface area contributed by atoms with Gasteiger partial charge in [-0.3, -0.25) is 4.72 Å². The number of carbonyl (C=O) groups is 1. The van der Waals surface area contributed by atoms with Crippen molar-refractivity contribution < 1.29 is 17.9 Å². The van der Waals surface area contributed by atoms with Crippen LogP contribution in [0.5, 0.6) is 0 Å². The van der Waals surface area contributed by atoms with Gasteiger partial charge in [0.1, 0.15) is 5.01 Å². The molecule has 0 aliphatic rings. The van der Waals surface area contributed by atoms with Gasteiger partial charge >= 0.3 is 5.97 Å². The number of rotatable bonds is 5. The first kappa shape index (κ1) is 17.4. The quantitative estimate of drug-likeness (QED) is 0.681. The second kappa shape index (κ2) is 6.45. The zero-order chi connectivity index (χ0) is 18.2. The topological polar surface area (TPSA) is 103 Å². The van der Waals surface area contributed by atoms with Crippen LogP contribution < -0.4 is 4.72 Å². The summed E-state index contributed by atoms with van der Waals surface area (Å²) in [4.78, 5) is 16.5. The van der Waals surface area contributed by atoms with Crippen LogP contribution in [0.2, 0.25) is 0 Å². The molecule has 0 spiro atoms. The highest BCUT2D eigenvalue weighted by atomic mass is 32.2. The minimum absolute atomic E-state index is 0.0119. The van der Waals surface area contributed by atoms with Crippen molar-refractivity contribution >= 4 is 38.0 Å². The summed E-state index contributed by atoms with van der Waals surface area (Å²) in [6, 6.07) is 6.09. The van der Waals surface area contributed by atoms with Crippen molar-refractivity contribution in [2.24, 2.45) is 0 Å². The summed E-state index contributed by atoms with van der Waals surface area (Å²) in [5.74, 6) is -0.544. The number of aryl methyl sites for hydroxylation is 2. The first-order chi connectivity index (χ1) is 11.9. The monoisotopic (exact) mass is 380 g/mol.